The zero-order valence-corrected chi connectivity index (χ0v) is 6.93. The van der Waals surface area contributed by atoms with Gasteiger partial charge in [0.15, 0.2) is 0 Å². The number of rotatable bonds is 3. The molecule has 0 aromatic heterocycles. The molecule has 3 N–H and O–H groups in total. The molecule has 1 aromatic carbocycles. The highest BCUT2D eigenvalue weighted by Crippen LogP contribution is 2.21. The average molecular weight is 182 g/mol. The minimum absolute atomic E-state index is 0.0333. The third kappa shape index (κ3) is 2.16. The number of nitrogens with two attached hydrogens (primary N) is 1. The Labute approximate surface area is 74.9 Å². The van der Waals surface area contributed by atoms with Crippen LogP contribution in [0.2, 0.25) is 0 Å². The molecule has 0 aliphatic carbocycles. The van der Waals surface area contributed by atoms with E-state index in [-0.39, 0.29) is 18.7 Å². The molecule has 13 heavy (non-hydrogen) atoms. The second-order valence-corrected chi connectivity index (χ2v) is 2.62. The maximum Gasteiger partial charge on any atom is 0.274 e. The number of nitro benzene ring substituents is 1. The molecule has 0 aliphatic rings. The van der Waals surface area contributed by atoms with Gasteiger partial charge >= 0.3 is 0 Å². The summed E-state index contributed by atoms with van der Waals surface area (Å²) in [5.41, 5.74) is 6.22. The van der Waals surface area contributed by atoms with Gasteiger partial charge in [-0.2, -0.15) is 0 Å². The molecule has 0 spiro atoms. The molecular weight excluding hydrogens is 172 g/mol. The molecule has 0 amide bonds. The third-order valence-electron chi connectivity index (χ3n) is 1.69. The van der Waals surface area contributed by atoms with Gasteiger partial charge in [-0.1, -0.05) is 6.07 Å². The van der Waals surface area contributed by atoms with Crippen molar-refractivity contribution in [3.05, 3.63) is 33.9 Å². The van der Waals surface area contributed by atoms with Crippen LogP contribution < -0.4 is 5.73 Å². The van der Waals surface area contributed by atoms with E-state index in [4.69, 9.17) is 10.8 Å². The topological polar surface area (TPSA) is 89.4 Å². The molecule has 0 heterocycles. The molecule has 0 saturated carbocycles. The van der Waals surface area contributed by atoms with Crippen LogP contribution in [-0.4, -0.2) is 16.6 Å². The van der Waals surface area contributed by atoms with Crippen LogP contribution in [0.15, 0.2) is 18.2 Å². The summed E-state index contributed by atoms with van der Waals surface area (Å²) < 4.78 is 0. The first kappa shape index (κ1) is 9.47. The van der Waals surface area contributed by atoms with E-state index in [1.165, 1.54) is 6.07 Å². The maximum absolute atomic E-state index is 10.5. The highest BCUT2D eigenvalue weighted by atomic mass is 16.6. The van der Waals surface area contributed by atoms with Crippen molar-refractivity contribution in [3.8, 4) is 0 Å². The molecule has 0 saturated heterocycles. The Hall–Kier alpha value is -1.62. The van der Waals surface area contributed by atoms with Gasteiger partial charge in [0.1, 0.15) is 0 Å². The van der Waals surface area contributed by atoms with E-state index in [2.05, 4.69) is 0 Å². The molecule has 0 bridgehead atoms. The van der Waals surface area contributed by atoms with Crippen LogP contribution in [0.25, 0.3) is 0 Å². The summed E-state index contributed by atoms with van der Waals surface area (Å²) in [6.45, 7) is -0.106. The Bertz CT molecular complexity index is 325. The first-order valence-corrected chi connectivity index (χ1v) is 3.79. The van der Waals surface area contributed by atoms with Crippen molar-refractivity contribution in [1.29, 1.82) is 0 Å². The SMILES string of the molecule is Nc1ccc(CCO)c([N+](=O)[O-])c1. The Morgan fingerprint density at radius 3 is 2.77 bits per heavy atom. The van der Waals surface area contributed by atoms with Crippen molar-refractivity contribution in [3.63, 3.8) is 0 Å². The van der Waals surface area contributed by atoms with Crippen LogP contribution >= 0.6 is 0 Å². The van der Waals surface area contributed by atoms with Gasteiger partial charge in [0, 0.05) is 30.3 Å². The standard InChI is InChI=1S/C8H10N2O3/c9-7-2-1-6(3-4-11)8(5-7)10(12)13/h1-2,5,11H,3-4,9H2. The lowest BCUT2D eigenvalue weighted by Gasteiger charge is -2.01. The predicted octanol–water partition coefficient (Wildman–Crippen LogP) is 0.712. The van der Waals surface area contributed by atoms with E-state index < -0.39 is 4.92 Å². The third-order valence-corrected chi connectivity index (χ3v) is 1.69. The fraction of sp³-hybridized carbons (Fsp3) is 0.250. The predicted molar refractivity (Wildman–Crippen MR) is 48.3 cm³/mol. The number of aliphatic hydroxyl groups is 1. The second-order valence-electron chi connectivity index (χ2n) is 2.62. The lowest BCUT2D eigenvalue weighted by atomic mass is 10.1. The fourth-order valence-electron chi connectivity index (χ4n) is 1.08. The molecule has 0 radical (unpaired) electrons. The smallest absolute Gasteiger partial charge is 0.274 e. The zero-order chi connectivity index (χ0) is 9.84. The fourth-order valence-corrected chi connectivity index (χ4v) is 1.08. The molecule has 1 rings (SSSR count). The summed E-state index contributed by atoms with van der Waals surface area (Å²) in [4.78, 5) is 10.0. The zero-order valence-electron chi connectivity index (χ0n) is 6.93. The van der Waals surface area contributed by atoms with Crippen LogP contribution in [0, 0.1) is 10.1 Å². The second kappa shape index (κ2) is 3.86. The minimum Gasteiger partial charge on any atom is -0.399 e. The van der Waals surface area contributed by atoms with E-state index in [9.17, 15) is 10.1 Å². The Balaban J connectivity index is 3.10. The average Bonchev–Trinajstić information content (AvgIpc) is 2.08. The highest BCUT2D eigenvalue weighted by Gasteiger charge is 2.12. The first-order valence-electron chi connectivity index (χ1n) is 3.79. The summed E-state index contributed by atoms with van der Waals surface area (Å²) in [5, 5.41) is 19.2. The Morgan fingerprint density at radius 1 is 1.54 bits per heavy atom. The van der Waals surface area contributed by atoms with Crippen LogP contribution in [-0.2, 0) is 6.42 Å². The first-order chi connectivity index (χ1) is 6.15. The van der Waals surface area contributed by atoms with Gasteiger partial charge in [0.05, 0.1) is 4.92 Å². The van der Waals surface area contributed by atoms with E-state index in [1.807, 2.05) is 0 Å². The van der Waals surface area contributed by atoms with Gasteiger partial charge < -0.3 is 10.8 Å². The van der Waals surface area contributed by atoms with Crippen molar-refractivity contribution in [2.75, 3.05) is 12.3 Å². The van der Waals surface area contributed by atoms with Crippen molar-refractivity contribution >= 4 is 11.4 Å². The van der Waals surface area contributed by atoms with E-state index in [0.717, 1.165) is 0 Å². The number of benzene rings is 1. The largest absolute Gasteiger partial charge is 0.399 e. The Morgan fingerprint density at radius 2 is 2.23 bits per heavy atom. The highest BCUT2D eigenvalue weighted by molar-refractivity contribution is 5.52. The molecule has 0 atom stereocenters. The lowest BCUT2D eigenvalue weighted by molar-refractivity contribution is -0.385. The van der Waals surface area contributed by atoms with Gasteiger partial charge in [-0.25, -0.2) is 0 Å². The van der Waals surface area contributed by atoms with Gasteiger partial charge in [-0.05, 0) is 6.07 Å². The molecule has 1 aromatic rings. The van der Waals surface area contributed by atoms with Gasteiger partial charge in [-0.3, -0.25) is 10.1 Å². The number of nitrogens with zero attached hydrogens (tertiary/aromatic N) is 1. The molecule has 5 heteroatoms. The van der Waals surface area contributed by atoms with E-state index >= 15 is 0 Å². The normalized spacial score (nSPS) is 9.92. The summed E-state index contributed by atoms with van der Waals surface area (Å²) in [6.07, 6.45) is 0.274. The van der Waals surface area contributed by atoms with Gasteiger partial charge in [0.25, 0.3) is 5.69 Å². The van der Waals surface area contributed by atoms with Crippen LogP contribution in [0.1, 0.15) is 5.56 Å². The van der Waals surface area contributed by atoms with Crippen molar-refractivity contribution in [2.45, 2.75) is 6.42 Å². The summed E-state index contributed by atoms with van der Waals surface area (Å²) in [7, 11) is 0. The van der Waals surface area contributed by atoms with Gasteiger partial charge in [0.2, 0.25) is 0 Å². The molecule has 70 valence electrons. The number of hydrogen-bond donors (Lipinski definition) is 2. The van der Waals surface area contributed by atoms with Gasteiger partial charge in [-0.15, -0.1) is 0 Å². The molecular formula is C8H10N2O3. The minimum atomic E-state index is -0.499. The quantitative estimate of drug-likeness (QED) is 0.409. The van der Waals surface area contributed by atoms with Crippen LogP contribution in [0.4, 0.5) is 11.4 Å². The van der Waals surface area contributed by atoms with Crippen LogP contribution in [0.5, 0.6) is 0 Å². The number of aliphatic hydroxyl groups excluding tert-OH is 1. The number of hydrogen-bond acceptors (Lipinski definition) is 4. The number of anilines is 1. The lowest BCUT2D eigenvalue weighted by Crippen LogP contribution is -1.99. The van der Waals surface area contributed by atoms with Crippen molar-refractivity contribution < 1.29 is 10.0 Å². The summed E-state index contributed by atoms with van der Waals surface area (Å²) in [5.74, 6) is 0. The molecule has 0 unspecified atom stereocenters. The number of nitrogen functional groups attached to an aromatic ring is 1. The number of nitro groups is 1. The molecule has 0 aliphatic heterocycles. The van der Waals surface area contributed by atoms with E-state index in [1.54, 1.807) is 12.1 Å². The Kier molecular flexibility index (Phi) is 2.81. The summed E-state index contributed by atoms with van der Waals surface area (Å²) >= 11 is 0. The van der Waals surface area contributed by atoms with Crippen molar-refractivity contribution in [1.82, 2.24) is 0 Å². The van der Waals surface area contributed by atoms with E-state index in [0.29, 0.717) is 11.3 Å². The summed E-state index contributed by atoms with van der Waals surface area (Å²) in [6, 6.07) is 4.44. The molecule has 5 nitrogen and oxygen atoms in total. The monoisotopic (exact) mass is 182 g/mol. The maximum atomic E-state index is 10.5. The van der Waals surface area contributed by atoms with Crippen molar-refractivity contribution in [2.24, 2.45) is 0 Å². The molecule has 0 fully saturated rings. The van der Waals surface area contributed by atoms with Crippen LogP contribution in [0.3, 0.4) is 0 Å².